The molecule has 3 rings (SSSR count). The first kappa shape index (κ1) is 23.0. The lowest BCUT2D eigenvalue weighted by Gasteiger charge is -2.20. The van der Waals surface area contributed by atoms with Crippen LogP contribution in [0.3, 0.4) is 0 Å². The van der Waals surface area contributed by atoms with Gasteiger partial charge in [0.15, 0.2) is 0 Å². The van der Waals surface area contributed by atoms with E-state index in [-0.39, 0.29) is 5.82 Å². The van der Waals surface area contributed by atoms with Gasteiger partial charge >= 0.3 is 11.9 Å². The molecular weight excluding hydrogens is 385 g/mol. The minimum Gasteiger partial charge on any atom is -0.478 e. The Hall–Kier alpha value is -3.25. The highest BCUT2D eigenvalue weighted by Gasteiger charge is 2.24. The van der Waals surface area contributed by atoms with Gasteiger partial charge in [-0.15, -0.1) is 0 Å². The summed E-state index contributed by atoms with van der Waals surface area (Å²) in [4.78, 5) is 21.3. The number of fused-ring (bicyclic) bond motifs is 2. The van der Waals surface area contributed by atoms with E-state index in [9.17, 15) is 14.0 Å². The second-order valence-corrected chi connectivity index (χ2v) is 7.37. The Kier molecular flexibility index (Phi) is 8.07. The van der Waals surface area contributed by atoms with Crippen molar-refractivity contribution in [3.8, 4) is 0 Å². The number of aliphatic carboxylic acids is 2. The number of carboxylic acids is 2. The minimum absolute atomic E-state index is 0.160. The average Bonchev–Trinajstić information content (AvgIpc) is 2.80. The van der Waals surface area contributed by atoms with Crippen molar-refractivity contribution in [1.82, 2.24) is 4.90 Å². The molecule has 0 fully saturated rings. The molecule has 1 atom stereocenters. The highest BCUT2D eigenvalue weighted by Crippen LogP contribution is 2.39. The van der Waals surface area contributed by atoms with Crippen molar-refractivity contribution >= 4 is 17.5 Å². The van der Waals surface area contributed by atoms with Crippen LogP contribution >= 0.6 is 0 Å². The summed E-state index contributed by atoms with van der Waals surface area (Å²) in [6.45, 7) is 5.28. The maximum absolute atomic E-state index is 13.8. The number of carboxylic acid groups (broad SMARTS) is 2. The third-order valence-corrected chi connectivity index (χ3v) is 4.88. The van der Waals surface area contributed by atoms with Gasteiger partial charge in [-0.3, -0.25) is 0 Å². The molecule has 0 heterocycles. The van der Waals surface area contributed by atoms with Gasteiger partial charge in [-0.25, -0.2) is 14.0 Å². The predicted molar refractivity (Wildman–Crippen MR) is 115 cm³/mol. The van der Waals surface area contributed by atoms with E-state index in [4.69, 9.17) is 10.2 Å². The largest absolute Gasteiger partial charge is 0.478 e. The smallest absolute Gasteiger partial charge is 0.328 e. The Morgan fingerprint density at radius 3 is 2.33 bits per heavy atom. The monoisotopic (exact) mass is 411 g/mol. The van der Waals surface area contributed by atoms with Crippen LogP contribution in [0.2, 0.25) is 0 Å². The van der Waals surface area contributed by atoms with E-state index >= 15 is 0 Å². The standard InChI is InChI=1S/C20H22FN.C4H4O4/c1-14-18-7-5-4-6-15(18)12-16(10-11-22(2)3)20-13-17(21)8-9-19(14)20;5-3(6)1-2-4(7)8/h4-9,13,16H,1,10-12H2,2-3H3;1-2H,(H,5,6)(H,7,8)/b;2-1-. The molecule has 0 saturated heterocycles. The molecule has 0 saturated carbocycles. The Bertz CT molecular complexity index is 949. The molecule has 30 heavy (non-hydrogen) atoms. The van der Waals surface area contributed by atoms with E-state index < -0.39 is 11.9 Å². The fraction of sp³-hybridized carbons (Fsp3) is 0.250. The summed E-state index contributed by atoms with van der Waals surface area (Å²) in [7, 11) is 4.16. The summed E-state index contributed by atoms with van der Waals surface area (Å²) in [5, 5.41) is 15.6. The lowest BCUT2D eigenvalue weighted by Crippen LogP contribution is -2.17. The van der Waals surface area contributed by atoms with Crippen LogP contribution in [0.25, 0.3) is 5.57 Å². The van der Waals surface area contributed by atoms with E-state index in [0.29, 0.717) is 18.1 Å². The molecular formula is C24H26FNO4. The molecule has 0 radical (unpaired) electrons. The topological polar surface area (TPSA) is 77.8 Å². The van der Waals surface area contributed by atoms with Crippen molar-refractivity contribution in [2.75, 3.05) is 20.6 Å². The fourth-order valence-corrected chi connectivity index (χ4v) is 3.47. The third-order valence-electron chi connectivity index (χ3n) is 4.88. The third kappa shape index (κ3) is 6.39. The van der Waals surface area contributed by atoms with E-state index in [1.165, 1.54) is 11.1 Å². The van der Waals surface area contributed by atoms with Gasteiger partial charge < -0.3 is 15.1 Å². The second-order valence-electron chi connectivity index (χ2n) is 7.37. The first-order chi connectivity index (χ1) is 14.2. The molecule has 0 aliphatic heterocycles. The van der Waals surface area contributed by atoms with Gasteiger partial charge in [-0.2, -0.15) is 0 Å². The zero-order chi connectivity index (χ0) is 22.3. The number of carbonyl (C=O) groups is 2. The minimum atomic E-state index is -1.26. The number of hydrogen-bond donors (Lipinski definition) is 2. The van der Waals surface area contributed by atoms with Crippen LogP contribution in [0, 0.1) is 5.82 Å². The number of halogens is 1. The zero-order valence-corrected chi connectivity index (χ0v) is 17.1. The maximum Gasteiger partial charge on any atom is 0.328 e. The van der Waals surface area contributed by atoms with Gasteiger partial charge in [0.05, 0.1) is 0 Å². The summed E-state index contributed by atoms with van der Waals surface area (Å²) in [5.74, 6) is -2.35. The average molecular weight is 411 g/mol. The molecule has 2 N–H and O–H groups in total. The molecule has 2 aromatic carbocycles. The first-order valence-corrected chi connectivity index (χ1v) is 9.54. The highest BCUT2D eigenvalue weighted by atomic mass is 19.1. The summed E-state index contributed by atoms with van der Waals surface area (Å²) < 4.78 is 13.8. The Labute approximate surface area is 175 Å². The van der Waals surface area contributed by atoms with Crippen molar-refractivity contribution in [2.24, 2.45) is 0 Å². The highest BCUT2D eigenvalue weighted by molar-refractivity contribution is 5.89. The fourth-order valence-electron chi connectivity index (χ4n) is 3.47. The summed E-state index contributed by atoms with van der Waals surface area (Å²) in [5.41, 5.74) is 5.71. The lowest BCUT2D eigenvalue weighted by atomic mass is 9.88. The van der Waals surface area contributed by atoms with Crippen LogP contribution in [0.15, 0.2) is 61.2 Å². The van der Waals surface area contributed by atoms with E-state index in [1.807, 2.05) is 12.1 Å². The predicted octanol–water partition coefficient (Wildman–Crippen LogP) is 4.19. The Balaban J connectivity index is 0.000000343. The molecule has 6 heteroatoms. The van der Waals surface area contributed by atoms with Crippen LogP contribution < -0.4 is 0 Å². The van der Waals surface area contributed by atoms with E-state index in [2.05, 4.69) is 43.8 Å². The number of rotatable bonds is 5. The van der Waals surface area contributed by atoms with Crippen LogP contribution in [-0.2, 0) is 16.0 Å². The summed E-state index contributed by atoms with van der Waals surface area (Å²) >= 11 is 0. The molecule has 1 aliphatic carbocycles. The van der Waals surface area contributed by atoms with Gasteiger partial charge in [0.1, 0.15) is 5.82 Å². The quantitative estimate of drug-likeness (QED) is 0.722. The molecule has 1 unspecified atom stereocenters. The second kappa shape index (κ2) is 10.5. The van der Waals surface area contributed by atoms with Crippen molar-refractivity contribution in [3.05, 3.63) is 89.3 Å². The molecule has 158 valence electrons. The van der Waals surface area contributed by atoms with Gasteiger partial charge in [0.2, 0.25) is 0 Å². The summed E-state index contributed by atoms with van der Waals surface area (Å²) in [6, 6.07) is 13.6. The van der Waals surface area contributed by atoms with Crippen LogP contribution in [0.5, 0.6) is 0 Å². The van der Waals surface area contributed by atoms with E-state index in [1.54, 1.807) is 12.1 Å². The first-order valence-electron chi connectivity index (χ1n) is 9.54. The van der Waals surface area contributed by atoms with Crippen LogP contribution in [0.4, 0.5) is 4.39 Å². The van der Waals surface area contributed by atoms with Gasteiger partial charge in [0.25, 0.3) is 0 Å². The number of nitrogens with zero attached hydrogens (tertiary/aromatic N) is 1. The molecule has 0 amide bonds. The van der Waals surface area contributed by atoms with E-state index in [0.717, 1.165) is 36.1 Å². The van der Waals surface area contributed by atoms with Crippen molar-refractivity contribution in [2.45, 2.75) is 18.8 Å². The molecule has 5 nitrogen and oxygen atoms in total. The normalized spacial score (nSPS) is 15.1. The molecule has 0 bridgehead atoms. The van der Waals surface area contributed by atoms with Crippen molar-refractivity contribution in [1.29, 1.82) is 0 Å². The van der Waals surface area contributed by atoms with Crippen molar-refractivity contribution < 1.29 is 24.2 Å². The number of benzene rings is 2. The Morgan fingerprint density at radius 1 is 1.10 bits per heavy atom. The zero-order valence-electron chi connectivity index (χ0n) is 17.1. The SMILES string of the molecule is C=C1c2ccccc2CC(CCN(C)C)c2cc(F)ccc21.O=C(O)/C=C\C(=O)O. The van der Waals surface area contributed by atoms with Crippen molar-refractivity contribution in [3.63, 3.8) is 0 Å². The van der Waals surface area contributed by atoms with Gasteiger partial charge in [-0.1, -0.05) is 36.9 Å². The van der Waals surface area contributed by atoms with Gasteiger partial charge in [0, 0.05) is 12.2 Å². The number of hydrogen-bond acceptors (Lipinski definition) is 3. The Morgan fingerprint density at radius 2 is 1.73 bits per heavy atom. The van der Waals surface area contributed by atoms with Crippen LogP contribution in [0.1, 0.15) is 34.6 Å². The molecule has 1 aliphatic rings. The summed E-state index contributed by atoms with van der Waals surface area (Å²) in [6.07, 6.45) is 3.08. The lowest BCUT2D eigenvalue weighted by molar-refractivity contribution is -0.134. The molecule has 2 aromatic rings. The van der Waals surface area contributed by atoms with Crippen LogP contribution in [-0.4, -0.2) is 47.7 Å². The molecule has 0 spiro atoms. The maximum atomic E-state index is 13.8. The van der Waals surface area contributed by atoms with Gasteiger partial charge in [-0.05, 0) is 79.4 Å². The molecule has 0 aromatic heterocycles.